The molecular weight excluding hydrogens is 216 g/mol. The third-order valence-corrected chi connectivity index (χ3v) is 3.76. The second kappa shape index (κ2) is 6.93. The van der Waals surface area contributed by atoms with E-state index in [1.165, 1.54) is 6.42 Å². The minimum Gasteiger partial charge on any atom is -0.368 e. The molecule has 0 radical (unpaired) electrons. The lowest BCUT2D eigenvalue weighted by molar-refractivity contribution is -0.120. The Morgan fingerprint density at radius 2 is 2.24 bits per heavy atom. The van der Waals surface area contributed by atoms with Crippen LogP contribution in [0.4, 0.5) is 0 Å². The molecule has 0 bridgehead atoms. The molecule has 1 aliphatic rings. The Labute approximate surface area is 104 Å². The standard InChI is InChI=1S/C12H26N4O/c1-4-10-9-16(8-7-15(10)3)6-5-11(14-2)12(13)17/h10-11,14H,4-9H2,1-3H3,(H2,13,17). The molecule has 0 aromatic rings. The minimum absolute atomic E-state index is 0.199. The van der Waals surface area contributed by atoms with E-state index in [0.29, 0.717) is 6.04 Å². The van der Waals surface area contributed by atoms with E-state index >= 15 is 0 Å². The van der Waals surface area contributed by atoms with Crippen molar-refractivity contribution < 1.29 is 4.79 Å². The molecule has 3 N–H and O–H groups in total. The molecule has 1 saturated heterocycles. The molecular formula is C12H26N4O. The van der Waals surface area contributed by atoms with Crippen molar-refractivity contribution in [2.24, 2.45) is 5.73 Å². The third-order valence-electron chi connectivity index (χ3n) is 3.76. The van der Waals surface area contributed by atoms with Gasteiger partial charge in [-0.25, -0.2) is 0 Å². The Balaban J connectivity index is 2.34. The normalized spacial score (nSPS) is 24.8. The zero-order valence-corrected chi connectivity index (χ0v) is 11.3. The Morgan fingerprint density at radius 1 is 1.53 bits per heavy atom. The van der Waals surface area contributed by atoms with Gasteiger partial charge < -0.3 is 20.9 Å². The van der Waals surface area contributed by atoms with Crippen LogP contribution in [-0.4, -0.2) is 68.1 Å². The zero-order valence-electron chi connectivity index (χ0n) is 11.3. The maximum atomic E-state index is 11.1. The maximum Gasteiger partial charge on any atom is 0.234 e. The van der Waals surface area contributed by atoms with Crippen LogP contribution in [0.25, 0.3) is 0 Å². The average Bonchev–Trinajstić information content (AvgIpc) is 2.31. The summed E-state index contributed by atoms with van der Waals surface area (Å²) in [6, 6.07) is 0.445. The predicted molar refractivity (Wildman–Crippen MR) is 69.8 cm³/mol. The van der Waals surface area contributed by atoms with Crippen LogP contribution >= 0.6 is 0 Å². The van der Waals surface area contributed by atoms with Crippen LogP contribution in [0, 0.1) is 0 Å². The van der Waals surface area contributed by atoms with Crippen molar-refractivity contribution in [3.63, 3.8) is 0 Å². The molecule has 0 saturated carbocycles. The Morgan fingerprint density at radius 3 is 2.76 bits per heavy atom. The summed E-state index contributed by atoms with van der Waals surface area (Å²) in [5, 5.41) is 2.96. The number of nitrogens with one attached hydrogen (secondary N) is 1. The molecule has 17 heavy (non-hydrogen) atoms. The first kappa shape index (κ1) is 14.4. The first-order valence-corrected chi connectivity index (χ1v) is 6.47. The zero-order chi connectivity index (χ0) is 12.8. The summed E-state index contributed by atoms with van der Waals surface area (Å²) in [7, 11) is 3.97. The van der Waals surface area contributed by atoms with Gasteiger partial charge in [-0.05, 0) is 26.9 Å². The van der Waals surface area contributed by atoms with Crippen molar-refractivity contribution in [2.45, 2.75) is 31.8 Å². The SMILES string of the molecule is CCC1CN(CCC(NC)C(N)=O)CCN1C. The molecule has 5 nitrogen and oxygen atoms in total. The molecule has 1 amide bonds. The van der Waals surface area contributed by atoms with Crippen molar-refractivity contribution in [1.82, 2.24) is 15.1 Å². The van der Waals surface area contributed by atoms with Crippen LogP contribution in [0.5, 0.6) is 0 Å². The quantitative estimate of drug-likeness (QED) is 0.658. The molecule has 0 aromatic heterocycles. The predicted octanol–water partition coefficient (Wildman–Crippen LogP) is -0.524. The fraction of sp³-hybridized carbons (Fsp3) is 0.917. The smallest absolute Gasteiger partial charge is 0.234 e. The van der Waals surface area contributed by atoms with Crippen molar-refractivity contribution in [1.29, 1.82) is 0 Å². The lowest BCUT2D eigenvalue weighted by Gasteiger charge is -2.39. The van der Waals surface area contributed by atoms with Gasteiger partial charge in [0, 0.05) is 32.2 Å². The maximum absolute atomic E-state index is 11.1. The number of hydrogen-bond acceptors (Lipinski definition) is 4. The van der Waals surface area contributed by atoms with E-state index in [-0.39, 0.29) is 11.9 Å². The fourth-order valence-corrected chi connectivity index (χ4v) is 2.39. The number of amides is 1. The molecule has 0 spiro atoms. The van der Waals surface area contributed by atoms with Crippen molar-refractivity contribution >= 4 is 5.91 Å². The fourth-order valence-electron chi connectivity index (χ4n) is 2.39. The van der Waals surface area contributed by atoms with Gasteiger partial charge in [0.2, 0.25) is 5.91 Å². The van der Waals surface area contributed by atoms with Crippen LogP contribution in [0.15, 0.2) is 0 Å². The van der Waals surface area contributed by atoms with E-state index in [4.69, 9.17) is 5.73 Å². The van der Waals surface area contributed by atoms with E-state index < -0.39 is 0 Å². The summed E-state index contributed by atoms with van der Waals surface area (Å²) in [4.78, 5) is 16.0. The van der Waals surface area contributed by atoms with Gasteiger partial charge in [0.1, 0.15) is 0 Å². The molecule has 1 fully saturated rings. The number of nitrogens with two attached hydrogens (primary N) is 1. The highest BCUT2D eigenvalue weighted by Crippen LogP contribution is 2.11. The highest BCUT2D eigenvalue weighted by molar-refractivity contribution is 5.79. The molecule has 5 heteroatoms. The molecule has 2 atom stereocenters. The number of hydrogen-bond donors (Lipinski definition) is 2. The molecule has 0 aliphatic carbocycles. The number of rotatable bonds is 6. The van der Waals surface area contributed by atoms with Crippen LogP contribution in [0.1, 0.15) is 19.8 Å². The largest absolute Gasteiger partial charge is 0.368 e. The highest BCUT2D eigenvalue weighted by atomic mass is 16.1. The summed E-state index contributed by atoms with van der Waals surface area (Å²) in [6.07, 6.45) is 1.98. The van der Waals surface area contributed by atoms with Crippen LogP contribution in [0.3, 0.4) is 0 Å². The van der Waals surface area contributed by atoms with Crippen LogP contribution in [-0.2, 0) is 4.79 Å². The van der Waals surface area contributed by atoms with E-state index in [0.717, 1.165) is 32.6 Å². The highest BCUT2D eigenvalue weighted by Gasteiger charge is 2.23. The molecule has 0 aromatic carbocycles. The van der Waals surface area contributed by atoms with Gasteiger partial charge in [0.25, 0.3) is 0 Å². The molecule has 100 valence electrons. The lowest BCUT2D eigenvalue weighted by atomic mass is 10.1. The Bertz CT molecular complexity index is 247. The van der Waals surface area contributed by atoms with Crippen molar-refractivity contribution in [3.8, 4) is 0 Å². The molecule has 1 rings (SSSR count). The van der Waals surface area contributed by atoms with Crippen molar-refractivity contribution in [2.75, 3.05) is 40.3 Å². The number of likely N-dealkylation sites (N-methyl/N-ethyl adjacent to an activating group) is 2. The number of carbonyl (C=O) groups is 1. The van der Waals surface area contributed by atoms with Gasteiger partial charge in [0.05, 0.1) is 6.04 Å². The van der Waals surface area contributed by atoms with Gasteiger partial charge in [0.15, 0.2) is 0 Å². The van der Waals surface area contributed by atoms with E-state index in [1.54, 1.807) is 7.05 Å². The summed E-state index contributed by atoms with van der Waals surface area (Å²) in [5.41, 5.74) is 5.31. The summed E-state index contributed by atoms with van der Waals surface area (Å²) >= 11 is 0. The number of nitrogens with zero attached hydrogens (tertiary/aromatic N) is 2. The van der Waals surface area contributed by atoms with Gasteiger partial charge in [-0.15, -0.1) is 0 Å². The van der Waals surface area contributed by atoms with Crippen molar-refractivity contribution in [3.05, 3.63) is 0 Å². The van der Waals surface area contributed by atoms with E-state index in [1.807, 2.05) is 0 Å². The monoisotopic (exact) mass is 242 g/mol. The average molecular weight is 242 g/mol. The summed E-state index contributed by atoms with van der Waals surface area (Å²) in [6.45, 7) is 6.47. The Kier molecular flexibility index (Phi) is 5.88. The van der Waals surface area contributed by atoms with Gasteiger partial charge in [-0.1, -0.05) is 6.92 Å². The first-order valence-electron chi connectivity index (χ1n) is 6.47. The second-order valence-corrected chi connectivity index (χ2v) is 4.88. The number of primary amides is 1. The van der Waals surface area contributed by atoms with Gasteiger partial charge >= 0.3 is 0 Å². The van der Waals surface area contributed by atoms with Crippen LogP contribution < -0.4 is 11.1 Å². The molecule has 2 unspecified atom stereocenters. The second-order valence-electron chi connectivity index (χ2n) is 4.88. The van der Waals surface area contributed by atoms with Gasteiger partial charge in [-0.3, -0.25) is 4.79 Å². The van der Waals surface area contributed by atoms with Gasteiger partial charge in [-0.2, -0.15) is 0 Å². The summed E-state index contributed by atoms with van der Waals surface area (Å²) in [5.74, 6) is -0.256. The first-order chi connectivity index (χ1) is 8.08. The number of piperazine rings is 1. The minimum atomic E-state index is -0.256. The molecule has 1 heterocycles. The lowest BCUT2D eigenvalue weighted by Crippen LogP contribution is -2.52. The Hall–Kier alpha value is -0.650. The number of carbonyl (C=O) groups excluding carboxylic acids is 1. The van der Waals surface area contributed by atoms with Crippen LogP contribution in [0.2, 0.25) is 0 Å². The van der Waals surface area contributed by atoms with E-state index in [9.17, 15) is 4.79 Å². The third kappa shape index (κ3) is 4.26. The summed E-state index contributed by atoms with van der Waals surface area (Å²) < 4.78 is 0. The topological polar surface area (TPSA) is 61.6 Å². The van der Waals surface area contributed by atoms with E-state index in [2.05, 4.69) is 29.1 Å². The molecule has 1 aliphatic heterocycles.